The molecule has 6 heteroatoms. The minimum absolute atomic E-state index is 0.141. The van der Waals surface area contributed by atoms with Gasteiger partial charge in [0.15, 0.2) is 17.2 Å². The Morgan fingerprint density at radius 1 is 1.11 bits per heavy atom. The van der Waals surface area contributed by atoms with E-state index in [1.54, 1.807) is 7.05 Å². The molecular weight excluding hydrogens is 354 g/mol. The number of piperazine rings is 1. The summed E-state index contributed by atoms with van der Waals surface area (Å²) in [5.74, 6) is -1.81. The fourth-order valence-electron chi connectivity index (χ4n) is 3.64. The number of ketones is 1. The summed E-state index contributed by atoms with van der Waals surface area (Å²) in [6.45, 7) is 5.18. The predicted molar refractivity (Wildman–Crippen MR) is 108 cm³/mol. The minimum Gasteiger partial charge on any atom is -0.503 e. The summed E-state index contributed by atoms with van der Waals surface area (Å²) in [6.07, 6.45) is 0. The number of benzene rings is 2. The van der Waals surface area contributed by atoms with Crippen LogP contribution in [-0.4, -0.2) is 53.1 Å². The Bertz CT molecular complexity index is 870. The van der Waals surface area contributed by atoms with Crippen molar-refractivity contribution in [3.05, 3.63) is 83.2 Å². The Kier molecular flexibility index (Phi) is 5.59. The average molecular weight is 377 g/mol. The van der Waals surface area contributed by atoms with Crippen LogP contribution in [0.2, 0.25) is 0 Å². The first kappa shape index (κ1) is 19.4. The molecular formula is C22H23N3O3. The lowest BCUT2D eigenvalue weighted by molar-refractivity contribution is -0.133. The summed E-state index contributed by atoms with van der Waals surface area (Å²) in [6, 6.07) is 19.4. The van der Waals surface area contributed by atoms with Gasteiger partial charge in [0.05, 0.1) is 6.04 Å². The van der Waals surface area contributed by atoms with E-state index in [1.807, 2.05) is 60.7 Å². The SMILES string of the molecule is C=NN1/C(=C(/O)C(C)=O)C(=O)N(C)CC1C(c1ccccc1)c1ccccc1. The van der Waals surface area contributed by atoms with E-state index in [0.29, 0.717) is 6.54 Å². The van der Waals surface area contributed by atoms with Gasteiger partial charge < -0.3 is 10.0 Å². The molecule has 1 unspecified atom stereocenters. The summed E-state index contributed by atoms with van der Waals surface area (Å²) in [5, 5.41) is 15.8. The summed E-state index contributed by atoms with van der Waals surface area (Å²) in [7, 11) is 1.65. The summed E-state index contributed by atoms with van der Waals surface area (Å²) >= 11 is 0. The zero-order chi connectivity index (χ0) is 20.3. The number of amides is 1. The third-order valence-electron chi connectivity index (χ3n) is 4.97. The van der Waals surface area contributed by atoms with Gasteiger partial charge in [-0.3, -0.25) is 14.6 Å². The number of Topliss-reactive ketones (excluding diaryl/α,β-unsaturated/α-hetero) is 1. The summed E-state index contributed by atoms with van der Waals surface area (Å²) in [5.41, 5.74) is 1.94. The van der Waals surface area contributed by atoms with Gasteiger partial charge in [0.25, 0.3) is 5.91 Å². The van der Waals surface area contributed by atoms with Crippen LogP contribution in [0.5, 0.6) is 0 Å². The van der Waals surface area contributed by atoms with Gasteiger partial charge in [-0.05, 0) is 11.1 Å². The number of hydrogen-bond acceptors (Lipinski definition) is 5. The van der Waals surface area contributed by atoms with Crippen molar-refractivity contribution in [2.24, 2.45) is 5.10 Å². The quantitative estimate of drug-likeness (QED) is 0.494. The van der Waals surface area contributed by atoms with Crippen molar-refractivity contribution in [2.45, 2.75) is 18.9 Å². The van der Waals surface area contributed by atoms with Crippen LogP contribution >= 0.6 is 0 Å². The monoisotopic (exact) mass is 377 g/mol. The second kappa shape index (κ2) is 8.08. The van der Waals surface area contributed by atoms with E-state index in [9.17, 15) is 14.7 Å². The van der Waals surface area contributed by atoms with Crippen LogP contribution < -0.4 is 0 Å². The lowest BCUT2D eigenvalue weighted by Crippen LogP contribution is -2.54. The summed E-state index contributed by atoms with van der Waals surface area (Å²) < 4.78 is 0. The first-order valence-corrected chi connectivity index (χ1v) is 9.01. The molecule has 6 nitrogen and oxygen atoms in total. The van der Waals surface area contributed by atoms with Gasteiger partial charge in [-0.2, -0.15) is 5.10 Å². The maximum atomic E-state index is 12.7. The molecule has 2 aromatic rings. The van der Waals surface area contributed by atoms with E-state index >= 15 is 0 Å². The van der Waals surface area contributed by atoms with Gasteiger partial charge >= 0.3 is 0 Å². The van der Waals surface area contributed by atoms with Crippen molar-refractivity contribution in [3.8, 4) is 0 Å². The molecule has 0 radical (unpaired) electrons. The number of rotatable bonds is 5. The van der Waals surface area contributed by atoms with Crippen molar-refractivity contribution in [3.63, 3.8) is 0 Å². The number of hydrogen-bond donors (Lipinski definition) is 1. The molecule has 3 rings (SSSR count). The molecule has 0 bridgehead atoms. The van der Waals surface area contributed by atoms with Crippen LogP contribution in [0.15, 0.2) is 77.2 Å². The Labute approximate surface area is 164 Å². The smallest absolute Gasteiger partial charge is 0.275 e. The molecule has 1 saturated heterocycles. The molecule has 1 aliphatic heterocycles. The Hall–Kier alpha value is -3.41. The van der Waals surface area contributed by atoms with Crippen LogP contribution in [-0.2, 0) is 9.59 Å². The molecule has 28 heavy (non-hydrogen) atoms. The van der Waals surface area contributed by atoms with Gasteiger partial charge in [-0.1, -0.05) is 60.7 Å². The third-order valence-corrected chi connectivity index (χ3v) is 4.97. The number of hydrazone groups is 1. The molecule has 1 amide bonds. The van der Waals surface area contributed by atoms with Gasteiger partial charge in [0, 0.05) is 33.2 Å². The van der Waals surface area contributed by atoms with Gasteiger partial charge in [0.2, 0.25) is 0 Å². The molecule has 144 valence electrons. The van der Waals surface area contributed by atoms with Crippen LogP contribution in [0.25, 0.3) is 0 Å². The lowest BCUT2D eigenvalue weighted by atomic mass is 9.83. The zero-order valence-corrected chi connectivity index (χ0v) is 15.9. The van der Waals surface area contributed by atoms with Crippen molar-refractivity contribution in [1.29, 1.82) is 0 Å². The van der Waals surface area contributed by atoms with Gasteiger partial charge in [-0.25, -0.2) is 0 Å². The van der Waals surface area contributed by atoms with Crippen LogP contribution in [0, 0.1) is 0 Å². The number of allylic oxidation sites excluding steroid dienone is 1. The van der Waals surface area contributed by atoms with Gasteiger partial charge in [0.1, 0.15) is 0 Å². The molecule has 1 atom stereocenters. The van der Waals surface area contributed by atoms with Crippen molar-refractivity contribution < 1.29 is 14.7 Å². The van der Waals surface area contributed by atoms with Crippen molar-refractivity contribution in [2.75, 3.05) is 13.6 Å². The van der Waals surface area contributed by atoms with E-state index in [-0.39, 0.29) is 17.7 Å². The lowest BCUT2D eigenvalue weighted by Gasteiger charge is -2.43. The highest BCUT2D eigenvalue weighted by Gasteiger charge is 2.42. The largest absolute Gasteiger partial charge is 0.503 e. The topological polar surface area (TPSA) is 73.2 Å². The van der Waals surface area contributed by atoms with E-state index in [0.717, 1.165) is 11.1 Å². The molecule has 1 heterocycles. The minimum atomic E-state index is -0.603. The van der Waals surface area contributed by atoms with E-state index in [4.69, 9.17) is 0 Å². The Morgan fingerprint density at radius 3 is 2.04 bits per heavy atom. The normalized spacial score (nSPS) is 19.0. The maximum Gasteiger partial charge on any atom is 0.275 e. The molecule has 2 aromatic carbocycles. The van der Waals surface area contributed by atoms with Crippen LogP contribution in [0.3, 0.4) is 0 Å². The Balaban J connectivity index is 2.18. The fraction of sp³-hybridized carbons (Fsp3) is 0.227. The first-order valence-electron chi connectivity index (χ1n) is 9.01. The van der Waals surface area contributed by atoms with E-state index in [1.165, 1.54) is 16.8 Å². The molecule has 1 N–H and O–H groups in total. The molecule has 0 aliphatic carbocycles. The molecule has 1 aliphatic rings. The highest BCUT2D eigenvalue weighted by molar-refractivity contribution is 6.03. The molecule has 0 saturated carbocycles. The van der Waals surface area contributed by atoms with Crippen LogP contribution in [0.1, 0.15) is 24.0 Å². The van der Waals surface area contributed by atoms with Crippen molar-refractivity contribution in [1.82, 2.24) is 9.91 Å². The third kappa shape index (κ3) is 3.53. The molecule has 0 spiro atoms. The van der Waals surface area contributed by atoms with E-state index < -0.39 is 17.4 Å². The van der Waals surface area contributed by atoms with Crippen LogP contribution in [0.4, 0.5) is 0 Å². The number of carbonyl (C=O) groups excluding carboxylic acids is 2. The van der Waals surface area contributed by atoms with Gasteiger partial charge in [-0.15, -0.1) is 0 Å². The maximum absolute atomic E-state index is 12.7. The number of carbonyl (C=O) groups is 2. The standard InChI is InChI=1S/C22H23N3O3/c1-15(26)21(27)20-22(28)24(3)14-18(25(20)23-2)19(16-10-6-4-7-11-16)17-12-8-5-9-13-17/h4-13,18-19,27H,2,14H2,1,3H3/b21-20+. The predicted octanol–water partition coefficient (Wildman–Crippen LogP) is 2.94. The number of likely N-dealkylation sites (N-methyl/N-ethyl adjacent to an activating group) is 1. The second-order valence-electron chi connectivity index (χ2n) is 6.79. The summed E-state index contributed by atoms with van der Waals surface area (Å²) in [4.78, 5) is 26.0. The Morgan fingerprint density at radius 2 is 1.61 bits per heavy atom. The first-order chi connectivity index (χ1) is 13.5. The fourth-order valence-corrected chi connectivity index (χ4v) is 3.64. The molecule has 1 fully saturated rings. The number of nitrogens with zero attached hydrogens (tertiary/aromatic N) is 3. The highest BCUT2D eigenvalue weighted by Crippen LogP contribution is 2.36. The molecule has 0 aromatic heterocycles. The highest BCUT2D eigenvalue weighted by atomic mass is 16.3. The van der Waals surface area contributed by atoms with Crippen molar-refractivity contribution >= 4 is 18.4 Å². The second-order valence-corrected chi connectivity index (χ2v) is 6.79. The average Bonchev–Trinajstić information content (AvgIpc) is 2.71. The number of aliphatic hydroxyl groups is 1. The zero-order valence-electron chi connectivity index (χ0n) is 15.9. The van der Waals surface area contributed by atoms with E-state index in [2.05, 4.69) is 11.8 Å². The number of aliphatic hydroxyl groups excluding tert-OH is 1.